The molecule has 0 amide bonds. The molecule has 0 heterocycles. The zero-order valence-corrected chi connectivity index (χ0v) is 11.5. The maximum Gasteiger partial charge on any atom is 0.161 e. The molecule has 18 heavy (non-hydrogen) atoms. The number of benzene rings is 1. The molecule has 0 radical (unpaired) electrons. The molecular formula is C15H23NO2. The second-order valence-electron chi connectivity index (χ2n) is 4.28. The molecule has 3 nitrogen and oxygen atoms in total. The predicted octanol–water partition coefficient (Wildman–Crippen LogP) is 3.15. The molecule has 1 aromatic rings. The Bertz CT molecular complexity index is 377. The number of hydrogen-bond donors (Lipinski definition) is 1. The Morgan fingerprint density at radius 3 is 2.78 bits per heavy atom. The SMILES string of the molecule is C=CCOc1ccc(CNC(C)CC)cc1OC. The number of ether oxygens (including phenoxy) is 2. The van der Waals surface area contributed by atoms with Crippen molar-refractivity contribution < 1.29 is 9.47 Å². The standard InChI is InChI=1S/C15H23NO2/c1-5-9-18-14-8-7-13(10-15(14)17-4)11-16-12(3)6-2/h5,7-8,10,12,16H,1,6,9,11H2,2-4H3. The molecule has 0 saturated heterocycles. The summed E-state index contributed by atoms with van der Waals surface area (Å²) in [5, 5.41) is 3.45. The monoisotopic (exact) mass is 249 g/mol. The Balaban J connectivity index is 2.68. The fourth-order valence-electron chi connectivity index (χ4n) is 1.53. The van der Waals surface area contributed by atoms with Crippen LogP contribution in [0.2, 0.25) is 0 Å². The average molecular weight is 249 g/mol. The van der Waals surface area contributed by atoms with Crippen LogP contribution in [-0.2, 0) is 6.54 Å². The number of hydrogen-bond acceptors (Lipinski definition) is 3. The first-order valence-corrected chi connectivity index (χ1v) is 6.35. The van der Waals surface area contributed by atoms with Crippen LogP contribution in [0.1, 0.15) is 25.8 Å². The van der Waals surface area contributed by atoms with E-state index < -0.39 is 0 Å². The molecular weight excluding hydrogens is 226 g/mol. The Morgan fingerprint density at radius 2 is 2.17 bits per heavy atom. The lowest BCUT2D eigenvalue weighted by molar-refractivity contribution is 0.326. The maximum absolute atomic E-state index is 5.52. The topological polar surface area (TPSA) is 30.5 Å². The Hall–Kier alpha value is -1.48. The molecule has 0 saturated carbocycles. The van der Waals surface area contributed by atoms with Crippen LogP contribution in [0.25, 0.3) is 0 Å². The molecule has 1 atom stereocenters. The van der Waals surface area contributed by atoms with Gasteiger partial charge in [0.05, 0.1) is 7.11 Å². The van der Waals surface area contributed by atoms with E-state index >= 15 is 0 Å². The fourth-order valence-corrected chi connectivity index (χ4v) is 1.53. The fraction of sp³-hybridized carbons (Fsp3) is 0.467. The largest absolute Gasteiger partial charge is 0.493 e. The molecule has 0 spiro atoms. The van der Waals surface area contributed by atoms with Gasteiger partial charge in [-0.1, -0.05) is 25.6 Å². The number of rotatable bonds is 8. The summed E-state index contributed by atoms with van der Waals surface area (Å²) in [7, 11) is 1.65. The summed E-state index contributed by atoms with van der Waals surface area (Å²) < 4.78 is 10.8. The van der Waals surface area contributed by atoms with Crippen LogP contribution in [0.3, 0.4) is 0 Å². The van der Waals surface area contributed by atoms with E-state index in [0.29, 0.717) is 12.6 Å². The van der Waals surface area contributed by atoms with Crippen molar-refractivity contribution in [2.24, 2.45) is 0 Å². The third kappa shape index (κ3) is 4.41. The van der Waals surface area contributed by atoms with E-state index in [9.17, 15) is 0 Å². The Kier molecular flexibility index (Phi) is 6.29. The first kappa shape index (κ1) is 14.6. The van der Waals surface area contributed by atoms with Crippen LogP contribution in [0, 0.1) is 0 Å². The van der Waals surface area contributed by atoms with E-state index in [-0.39, 0.29) is 0 Å². The predicted molar refractivity (Wildman–Crippen MR) is 75.3 cm³/mol. The maximum atomic E-state index is 5.52. The molecule has 0 aliphatic carbocycles. The molecule has 0 aliphatic heterocycles. The molecule has 100 valence electrons. The molecule has 0 bridgehead atoms. The molecule has 1 rings (SSSR count). The third-order valence-electron chi connectivity index (χ3n) is 2.85. The van der Waals surface area contributed by atoms with Crippen molar-refractivity contribution in [2.45, 2.75) is 32.9 Å². The van der Waals surface area contributed by atoms with E-state index in [4.69, 9.17) is 9.47 Å². The van der Waals surface area contributed by atoms with Gasteiger partial charge in [-0.2, -0.15) is 0 Å². The van der Waals surface area contributed by atoms with Crippen LogP contribution >= 0.6 is 0 Å². The van der Waals surface area contributed by atoms with E-state index in [0.717, 1.165) is 24.5 Å². The second kappa shape index (κ2) is 7.77. The number of methoxy groups -OCH3 is 1. The van der Waals surface area contributed by atoms with Crippen LogP contribution in [0.5, 0.6) is 11.5 Å². The van der Waals surface area contributed by atoms with Crippen LogP contribution in [0.4, 0.5) is 0 Å². The van der Waals surface area contributed by atoms with E-state index in [1.165, 1.54) is 5.56 Å². The summed E-state index contributed by atoms with van der Waals surface area (Å²) in [6.07, 6.45) is 2.84. The van der Waals surface area contributed by atoms with E-state index in [1.807, 2.05) is 12.1 Å². The van der Waals surface area contributed by atoms with Crippen molar-refractivity contribution in [3.8, 4) is 11.5 Å². The lowest BCUT2D eigenvalue weighted by atomic mass is 10.1. The average Bonchev–Trinajstić information content (AvgIpc) is 2.42. The zero-order chi connectivity index (χ0) is 13.4. The van der Waals surface area contributed by atoms with Gasteiger partial charge < -0.3 is 14.8 Å². The van der Waals surface area contributed by atoms with Gasteiger partial charge in [-0.25, -0.2) is 0 Å². The summed E-state index contributed by atoms with van der Waals surface area (Å²) in [5.74, 6) is 1.52. The quantitative estimate of drug-likeness (QED) is 0.718. The van der Waals surface area contributed by atoms with Crippen molar-refractivity contribution in [1.29, 1.82) is 0 Å². The minimum absolute atomic E-state index is 0.487. The first-order chi connectivity index (χ1) is 8.71. The van der Waals surface area contributed by atoms with E-state index in [2.05, 4.69) is 31.8 Å². The highest BCUT2D eigenvalue weighted by Gasteiger charge is 2.06. The number of nitrogens with one attached hydrogen (secondary N) is 1. The zero-order valence-electron chi connectivity index (χ0n) is 11.5. The highest BCUT2D eigenvalue weighted by molar-refractivity contribution is 5.43. The summed E-state index contributed by atoms with van der Waals surface area (Å²) in [5.41, 5.74) is 1.19. The third-order valence-corrected chi connectivity index (χ3v) is 2.85. The van der Waals surface area contributed by atoms with Crippen molar-refractivity contribution in [3.05, 3.63) is 36.4 Å². The van der Waals surface area contributed by atoms with Crippen molar-refractivity contribution >= 4 is 0 Å². The molecule has 1 N–H and O–H groups in total. The lowest BCUT2D eigenvalue weighted by Crippen LogP contribution is -2.24. The normalized spacial score (nSPS) is 11.9. The van der Waals surface area contributed by atoms with Crippen LogP contribution in [0.15, 0.2) is 30.9 Å². The smallest absolute Gasteiger partial charge is 0.161 e. The van der Waals surface area contributed by atoms with Crippen LogP contribution < -0.4 is 14.8 Å². The molecule has 0 aromatic heterocycles. The van der Waals surface area contributed by atoms with Crippen molar-refractivity contribution in [2.75, 3.05) is 13.7 Å². The Labute approximate surface area is 110 Å². The second-order valence-corrected chi connectivity index (χ2v) is 4.28. The first-order valence-electron chi connectivity index (χ1n) is 6.35. The molecule has 0 fully saturated rings. The van der Waals surface area contributed by atoms with Gasteiger partial charge in [0.25, 0.3) is 0 Å². The highest BCUT2D eigenvalue weighted by atomic mass is 16.5. The van der Waals surface area contributed by atoms with Gasteiger partial charge in [-0.3, -0.25) is 0 Å². The van der Waals surface area contributed by atoms with Gasteiger partial charge in [0.15, 0.2) is 11.5 Å². The lowest BCUT2D eigenvalue weighted by Gasteiger charge is -2.14. The minimum Gasteiger partial charge on any atom is -0.493 e. The van der Waals surface area contributed by atoms with Crippen molar-refractivity contribution in [1.82, 2.24) is 5.32 Å². The summed E-state index contributed by atoms with van der Waals surface area (Å²) >= 11 is 0. The minimum atomic E-state index is 0.487. The molecule has 0 aliphatic rings. The highest BCUT2D eigenvalue weighted by Crippen LogP contribution is 2.28. The van der Waals surface area contributed by atoms with Gasteiger partial charge >= 0.3 is 0 Å². The molecule has 1 unspecified atom stereocenters. The van der Waals surface area contributed by atoms with Crippen molar-refractivity contribution in [3.63, 3.8) is 0 Å². The summed E-state index contributed by atoms with van der Waals surface area (Å²) in [6, 6.07) is 6.52. The van der Waals surface area contributed by atoms with E-state index in [1.54, 1.807) is 13.2 Å². The Morgan fingerprint density at radius 1 is 1.39 bits per heavy atom. The van der Waals surface area contributed by atoms with Gasteiger partial charge in [-0.15, -0.1) is 0 Å². The van der Waals surface area contributed by atoms with Gasteiger partial charge in [0.1, 0.15) is 6.61 Å². The van der Waals surface area contributed by atoms with Crippen LogP contribution in [-0.4, -0.2) is 19.8 Å². The summed E-state index contributed by atoms with van der Waals surface area (Å²) in [6.45, 7) is 9.31. The van der Waals surface area contributed by atoms with Gasteiger partial charge in [-0.05, 0) is 31.0 Å². The molecule has 1 aromatic carbocycles. The van der Waals surface area contributed by atoms with Gasteiger partial charge in [0.2, 0.25) is 0 Å². The summed E-state index contributed by atoms with van der Waals surface area (Å²) in [4.78, 5) is 0. The van der Waals surface area contributed by atoms with Gasteiger partial charge in [0, 0.05) is 12.6 Å². The molecule has 3 heteroatoms.